The van der Waals surface area contributed by atoms with Crippen molar-refractivity contribution in [3.63, 3.8) is 0 Å². The lowest BCUT2D eigenvalue weighted by Crippen LogP contribution is -2.42. The number of nitrogens with zero attached hydrogens (tertiary/aromatic N) is 3. The van der Waals surface area contributed by atoms with E-state index in [4.69, 9.17) is 16.3 Å². The van der Waals surface area contributed by atoms with Crippen LogP contribution in [0.2, 0.25) is 5.02 Å². The average Bonchev–Trinajstić information content (AvgIpc) is 2.93. The highest BCUT2D eigenvalue weighted by Crippen LogP contribution is 2.22. The molecule has 1 aromatic carbocycles. The van der Waals surface area contributed by atoms with E-state index in [0.29, 0.717) is 13.2 Å². The molecule has 0 aliphatic rings. The van der Waals surface area contributed by atoms with Gasteiger partial charge in [-0.1, -0.05) is 37.6 Å². The van der Waals surface area contributed by atoms with Gasteiger partial charge in [-0.15, -0.1) is 24.0 Å². The van der Waals surface area contributed by atoms with Crippen LogP contribution in [0.25, 0.3) is 0 Å². The van der Waals surface area contributed by atoms with Gasteiger partial charge in [0.1, 0.15) is 0 Å². The van der Waals surface area contributed by atoms with Crippen LogP contribution in [0, 0.1) is 19.3 Å². The normalized spacial score (nSPS) is 11.9. The number of hydrogen-bond acceptors (Lipinski definition) is 3. The summed E-state index contributed by atoms with van der Waals surface area (Å²) in [6.45, 7) is 11.5. The molecule has 0 fully saturated rings. The Balaban J connectivity index is 0.00000450. The maximum Gasteiger partial charge on any atom is 0.191 e. The molecule has 1 aromatic heterocycles. The van der Waals surface area contributed by atoms with Crippen LogP contribution in [0.5, 0.6) is 0 Å². The predicted molar refractivity (Wildman–Crippen MR) is 136 cm³/mol. The predicted octanol–water partition coefficient (Wildman–Crippen LogP) is 4.35. The zero-order chi connectivity index (χ0) is 21.4. The van der Waals surface area contributed by atoms with Gasteiger partial charge in [0, 0.05) is 43.5 Å². The summed E-state index contributed by atoms with van der Waals surface area (Å²) in [5.74, 6) is 0.785. The van der Waals surface area contributed by atoms with Crippen molar-refractivity contribution < 1.29 is 4.74 Å². The third-order valence-electron chi connectivity index (χ3n) is 5.00. The van der Waals surface area contributed by atoms with E-state index in [1.54, 1.807) is 14.2 Å². The Morgan fingerprint density at radius 3 is 2.63 bits per heavy atom. The smallest absolute Gasteiger partial charge is 0.191 e. The molecule has 1 heterocycles. The van der Waals surface area contributed by atoms with Crippen molar-refractivity contribution in [3.05, 3.63) is 51.8 Å². The molecule has 0 aliphatic heterocycles. The molecule has 2 aromatic rings. The van der Waals surface area contributed by atoms with Crippen molar-refractivity contribution in [2.24, 2.45) is 10.4 Å². The standard InChI is InChI=1S/C22H34ClN5O.HI/c1-16-20(17(2)28(27-16)10-11-29-6)14-25-21(24-5)26-15-22(3,4)13-18-8-7-9-19(23)12-18;/h7-9,12H,10-11,13-15H2,1-6H3,(H2,24,25,26);1H. The second-order valence-electron chi connectivity index (χ2n) is 8.12. The molecule has 0 aliphatic carbocycles. The Morgan fingerprint density at radius 1 is 1.27 bits per heavy atom. The molecule has 6 nitrogen and oxygen atoms in total. The van der Waals surface area contributed by atoms with E-state index in [-0.39, 0.29) is 29.4 Å². The van der Waals surface area contributed by atoms with Crippen molar-refractivity contribution in [3.8, 4) is 0 Å². The molecule has 2 N–H and O–H groups in total. The molecule has 0 spiro atoms. The molecule has 168 valence electrons. The van der Waals surface area contributed by atoms with Crippen LogP contribution in [0.3, 0.4) is 0 Å². The van der Waals surface area contributed by atoms with Gasteiger partial charge in [-0.2, -0.15) is 5.10 Å². The number of benzene rings is 1. The fraction of sp³-hybridized carbons (Fsp3) is 0.545. The van der Waals surface area contributed by atoms with Gasteiger partial charge in [0.15, 0.2) is 5.96 Å². The van der Waals surface area contributed by atoms with Crippen LogP contribution in [0.1, 0.15) is 36.4 Å². The van der Waals surface area contributed by atoms with Crippen LogP contribution in [0.4, 0.5) is 0 Å². The number of aryl methyl sites for hydroxylation is 1. The number of halogens is 2. The molecule has 0 saturated heterocycles. The van der Waals surface area contributed by atoms with E-state index in [9.17, 15) is 0 Å². The van der Waals surface area contributed by atoms with Gasteiger partial charge < -0.3 is 15.4 Å². The van der Waals surface area contributed by atoms with Gasteiger partial charge >= 0.3 is 0 Å². The number of ether oxygens (including phenoxy) is 1. The van der Waals surface area contributed by atoms with E-state index < -0.39 is 0 Å². The number of aromatic nitrogens is 2. The number of hydrogen-bond donors (Lipinski definition) is 2. The molecule has 0 bridgehead atoms. The molecule has 8 heteroatoms. The summed E-state index contributed by atoms with van der Waals surface area (Å²) in [4.78, 5) is 4.37. The first kappa shape index (κ1) is 26.7. The fourth-order valence-electron chi connectivity index (χ4n) is 3.36. The van der Waals surface area contributed by atoms with E-state index in [1.165, 1.54) is 11.1 Å². The Bertz CT molecular complexity index is 835. The van der Waals surface area contributed by atoms with Gasteiger partial charge in [0.2, 0.25) is 0 Å². The third kappa shape index (κ3) is 8.07. The van der Waals surface area contributed by atoms with Crippen LogP contribution in [-0.2, 0) is 24.2 Å². The second kappa shape index (κ2) is 12.5. The highest BCUT2D eigenvalue weighted by Gasteiger charge is 2.19. The molecular formula is C22H35ClIN5O. The number of aliphatic imine (C=N–C) groups is 1. The van der Waals surface area contributed by atoms with Crippen molar-refractivity contribution in [2.75, 3.05) is 27.3 Å². The summed E-state index contributed by atoms with van der Waals surface area (Å²) in [5.41, 5.74) is 4.68. The first-order valence-corrected chi connectivity index (χ1v) is 10.3. The summed E-state index contributed by atoms with van der Waals surface area (Å²) in [6.07, 6.45) is 0.933. The lowest BCUT2D eigenvalue weighted by Gasteiger charge is -2.26. The topological polar surface area (TPSA) is 63.5 Å². The van der Waals surface area contributed by atoms with Crippen molar-refractivity contribution in [1.29, 1.82) is 0 Å². The molecule has 0 saturated carbocycles. The number of rotatable bonds is 9. The zero-order valence-corrected chi connectivity index (χ0v) is 22.0. The molecule has 30 heavy (non-hydrogen) atoms. The summed E-state index contributed by atoms with van der Waals surface area (Å²) in [6, 6.07) is 8.05. The second-order valence-corrected chi connectivity index (χ2v) is 8.55. The monoisotopic (exact) mass is 547 g/mol. The first-order valence-electron chi connectivity index (χ1n) is 9.96. The van der Waals surface area contributed by atoms with Gasteiger partial charge in [-0.05, 0) is 43.4 Å². The van der Waals surface area contributed by atoms with Crippen molar-refractivity contribution >= 4 is 41.5 Å². The summed E-state index contributed by atoms with van der Waals surface area (Å²) in [5, 5.41) is 12.3. The molecule has 0 amide bonds. The van der Waals surface area contributed by atoms with Crippen LogP contribution in [0.15, 0.2) is 29.3 Å². The minimum Gasteiger partial charge on any atom is -0.383 e. The van der Waals surface area contributed by atoms with Crippen molar-refractivity contribution in [2.45, 2.75) is 47.2 Å². The minimum absolute atomic E-state index is 0. The maximum absolute atomic E-state index is 6.12. The number of nitrogens with one attached hydrogen (secondary N) is 2. The minimum atomic E-state index is 0. The van der Waals surface area contributed by atoms with E-state index in [0.717, 1.165) is 41.9 Å². The molecule has 0 atom stereocenters. The van der Waals surface area contributed by atoms with Crippen LogP contribution < -0.4 is 10.6 Å². The molecule has 0 radical (unpaired) electrons. The number of methoxy groups -OCH3 is 1. The Hall–Kier alpha value is -1.32. The average molecular weight is 548 g/mol. The third-order valence-corrected chi connectivity index (χ3v) is 5.24. The SMILES string of the molecule is CN=C(NCc1c(C)nn(CCOC)c1C)NCC(C)(C)Cc1cccc(Cl)c1.I. The molecule has 0 unspecified atom stereocenters. The van der Waals surface area contributed by atoms with Gasteiger partial charge in [-0.25, -0.2) is 0 Å². The summed E-state index contributed by atoms with van der Waals surface area (Å²) >= 11 is 6.12. The Kier molecular flexibility index (Phi) is 11.1. The summed E-state index contributed by atoms with van der Waals surface area (Å²) in [7, 11) is 3.50. The maximum atomic E-state index is 6.12. The van der Waals surface area contributed by atoms with Gasteiger partial charge in [0.25, 0.3) is 0 Å². The highest BCUT2D eigenvalue weighted by molar-refractivity contribution is 14.0. The summed E-state index contributed by atoms with van der Waals surface area (Å²) < 4.78 is 7.17. The van der Waals surface area contributed by atoms with E-state index >= 15 is 0 Å². The quantitative estimate of drug-likeness (QED) is 0.278. The van der Waals surface area contributed by atoms with Crippen LogP contribution in [-0.4, -0.2) is 43.0 Å². The van der Waals surface area contributed by atoms with Crippen LogP contribution >= 0.6 is 35.6 Å². The zero-order valence-electron chi connectivity index (χ0n) is 18.9. The van der Waals surface area contributed by atoms with E-state index in [2.05, 4.69) is 47.6 Å². The highest BCUT2D eigenvalue weighted by atomic mass is 127. The largest absolute Gasteiger partial charge is 0.383 e. The fourth-order valence-corrected chi connectivity index (χ4v) is 3.58. The lowest BCUT2D eigenvalue weighted by atomic mass is 9.86. The number of guanidine groups is 1. The Labute approximate surface area is 202 Å². The first-order chi connectivity index (χ1) is 13.8. The molecular weight excluding hydrogens is 513 g/mol. The Morgan fingerprint density at radius 2 is 2.00 bits per heavy atom. The van der Waals surface area contributed by atoms with Gasteiger partial charge in [0.05, 0.1) is 18.8 Å². The van der Waals surface area contributed by atoms with Crippen molar-refractivity contribution in [1.82, 2.24) is 20.4 Å². The van der Waals surface area contributed by atoms with Gasteiger partial charge in [-0.3, -0.25) is 9.67 Å². The molecule has 2 rings (SSSR count). The van der Waals surface area contributed by atoms with E-state index in [1.807, 2.05) is 29.8 Å². The lowest BCUT2D eigenvalue weighted by molar-refractivity contribution is 0.182.